The van der Waals surface area contributed by atoms with Gasteiger partial charge in [0.1, 0.15) is 5.75 Å². The molecule has 0 saturated carbocycles. The number of hydrogen-bond donors (Lipinski definition) is 2. The molecule has 2 N–H and O–H groups in total. The molecule has 0 aromatic heterocycles. The van der Waals surface area contributed by atoms with Gasteiger partial charge in [0.25, 0.3) is 21.8 Å². The van der Waals surface area contributed by atoms with Crippen molar-refractivity contribution in [3.05, 3.63) is 150 Å². The largest absolute Gasteiger partial charge is 0.497 e. The van der Waals surface area contributed by atoms with Crippen molar-refractivity contribution in [2.45, 2.75) is 37.6 Å². The maximum Gasteiger partial charge on any atom is 0.264 e. The number of benzene rings is 5. The molecular formula is C38H37N3O5S. The number of carbonyl (C=O) groups excluding carboxylic acids is 2. The number of ether oxygens (including phenoxy) is 1. The minimum atomic E-state index is -4.11. The first-order valence-corrected chi connectivity index (χ1v) is 16.5. The van der Waals surface area contributed by atoms with Gasteiger partial charge < -0.3 is 15.4 Å². The minimum absolute atomic E-state index is 0.00224. The molecule has 240 valence electrons. The zero-order chi connectivity index (χ0) is 33.6. The topological polar surface area (TPSA) is 105 Å². The lowest BCUT2D eigenvalue weighted by atomic mass is 9.87. The number of amides is 2. The zero-order valence-corrected chi connectivity index (χ0v) is 27.5. The zero-order valence-electron chi connectivity index (χ0n) is 26.7. The number of nitrogens with zero attached hydrogens (tertiary/aromatic N) is 1. The van der Waals surface area contributed by atoms with E-state index in [9.17, 15) is 18.0 Å². The van der Waals surface area contributed by atoms with E-state index in [1.165, 1.54) is 23.5 Å². The molecule has 5 aromatic carbocycles. The van der Waals surface area contributed by atoms with E-state index in [-0.39, 0.29) is 34.0 Å². The summed E-state index contributed by atoms with van der Waals surface area (Å²) in [6, 6.07) is 36.1. The van der Waals surface area contributed by atoms with E-state index in [1.54, 1.807) is 72.8 Å². The van der Waals surface area contributed by atoms with Crippen LogP contribution in [-0.2, 0) is 22.0 Å². The third kappa shape index (κ3) is 7.88. The Morgan fingerprint density at radius 3 is 1.91 bits per heavy atom. The lowest BCUT2D eigenvalue weighted by Crippen LogP contribution is -2.32. The average molecular weight is 648 g/mol. The molecule has 0 radical (unpaired) electrons. The van der Waals surface area contributed by atoms with E-state index >= 15 is 0 Å². The van der Waals surface area contributed by atoms with Crippen LogP contribution in [0.2, 0.25) is 0 Å². The molecule has 0 aliphatic rings. The molecule has 2 amide bonds. The number of anilines is 3. The lowest BCUT2D eigenvalue weighted by Gasteiger charge is -2.27. The summed E-state index contributed by atoms with van der Waals surface area (Å²) >= 11 is 0. The molecule has 0 aliphatic carbocycles. The van der Waals surface area contributed by atoms with Crippen LogP contribution in [0.1, 0.15) is 52.6 Å². The first kappa shape index (κ1) is 33.0. The van der Waals surface area contributed by atoms with Crippen molar-refractivity contribution in [3.63, 3.8) is 0 Å². The van der Waals surface area contributed by atoms with E-state index in [1.807, 2.05) is 42.5 Å². The number of hydrogen-bond acceptors (Lipinski definition) is 5. The van der Waals surface area contributed by atoms with Crippen molar-refractivity contribution in [1.29, 1.82) is 0 Å². The number of sulfonamides is 1. The summed E-state index contributed by atoms with van der Waals surface area (Å²) < 4.78 is 34.7. The van der Waals surface area contributed by atoms with Crippen LogP contribution in [0.5, 0.6) is 5.75 Å². The Morgan fingerprint density at radius 2 is 1.30 bits per heavy atom. The number of methoxy groups -OCH3 is 1. The fraction of sp³-hybridized carbons (Fsp3) is 0.158. The Morgan fingerprint density at radius 1 is 0.702 bits per heavy atom. The third-order valence-electron chi connectivity index (χ3n) is 7.63. The molecular weight excluding hydrogens is 611 g/mol. The Labute approximate surface area is 276 Å². The summed E-state index contributed by atoms with van der Waals surface area (Å²) in [6.07, 6.45) is 0. The highest BCUT2D eigenvalue weighted by atomic mass is 32.2. The smallest absolute Gasteiger partial charge is 0.264 e. The quantitative estimate of drug-likeness (QED) is 0.160. The van der Waals surface area contributed by atoms with Gasteiger partial charge in [-0.3, -0.25) is 13.9 Å². The van der Waals surface area contributed by atoms with Crippen LogP contribution in [0, 0.1) is 0 Å². The number of rotatable bonds is 10. The van der Waals surface area contributed by atoms with E-state index in [2.05, 4.69) is 31.4 Å². The maximum absolute atomic E-state index is 14.1. The van der Waals surface area contributed by atoms with Gasteiger partial charge in [-0.1, -0.05) is 81.4 Å². The summed E-state index contributed by atoms with van der Waals surface area (Å²) in [5.74, 6) is -0.264. The Balaban J connectivity index is 1.41. The molecule has 5 aromatic rings. The molecule has 0 heterocycles. The van der Waals surface area contributed by atoms with Gasteiger partial charge in [0.05, 0.1) is 29.8 Å². The average Bonchev–Trinajstić information content (AvgIpc) is 3.07. The normalized spacial score (nSPS) is 11.4. The molecule has 0 fully saturated rings. The minimum Gasteiger partial charge on any atom is -0.497 e. The third-order valence-corrected chi connectivity index (χ3v) is 9.40. The van der Waals surface area contributed by atoms with Gasteiger partial charge in [0.2, 0.25) is 0 Å². The van der Waals surface area contributed by atoms with E-state index in [0.717, 1.165) is 11.1 Å². The molecule has 0 unspecified atom stereocenters. The van der Waals surface area contributed by atoms with Crippen LogP contribution in [0.25, 0.3) is 0 Å². The van der Waals surface area contributed by atoms with Crippen molar-refractivity contribution in [2.75, 3.05) is 22.0 Å². The molecule has 0 spiro atoms. The first-order chi connectivity index (χ1) is 22.5. The predicted molar refractivity (Wildman–Crippen MR) is 187 cm³/mol. The predicted octanol–water partition coefficient (Wildman–Crippen LogP) is 7.89. The SMILES string of the molecule is COc1ccc(S(=O)(=O)N(Cc2ccccc2)c2ccccc2C(=O)Nc2cccc(NC(=O)c3ccc(C(C)(C)C)cc3)c2)cc1. The summed E-state index contributed by atoms with van der Waals surface area (Å²) in [5.41, 5.74) is 3.65. The van der Waals surface area contributed by atoms with Crippen LogP contribution in [0.15, 0.2) is 132 Å². The number of carbonyl (C=O) groups is 2. The molecule has 0 atom stereocenters. The molecule has 47 heavy (non-hydrogen) atoms. The number of nitrogens with one attached hydrogen (secondary N) is 2. The highest BCUT2D eigenvalue weighted by molar-refractivity contribution is 7.92. The van der Waals surface area contributed by atoms with Crippen LogP contribution < -0.4 is 19.7 Å². The van der Waals surface area contributed by atoms with Crippen molar-refractivity contribution in [2.24, 2.45) is 0 Å². The fourth-order valence-electron chi connectivity index (χ4n) is 5.00. The van der Waals surface area contributed by atoms with Gasteiger partial charge in [-0.05, 0) is 83.3 Å². The standard InChI is InChI=1S/C38H37N3O5S/c1-38(2,3)29-19-17-28(18-20-29)36(42)39-30-13-10-14-31(25-30)40-37(43)34-15-8-9-16-35(34)41(26-27-11-6-5-7-12-27)47(44,45)33-23-21-32(46-4)22-24-33/h5-25H,26H2,1-4H3,(H,39,42)(H,40,43). The van der Waals surface area contributed by atoms with Crippen LogP contribution in [-0.4, -0.2) is 27.3 Å². The maximum atomic E-state index is 14.1. The summed E-state index contributed by atoms with van der Waals surface area (Å²) in [7, 11) is -2.60. The lowest BCUT2D eigenvalue weighted by molar-refractivity contribution is 0.101. The van der Waals surface area contributed by atoms with Crippen LogP contribution in [0.4, 0.5) is 17.1 Å². The van der Waals surface area contributed by atoms with E-state index in [0.29, 0.717) is 22.7 Å². The van der Waals surface area contributed by atoms with Crippen molar-refractivity contribution in [3.8, 4) is 5.75 Å². The second-order valence-electron chi connectivity index (χ2n) is 12.0. The summed E-state index contributed by atoms with van der Waals surface area (Å²) in [4.78, 5) is 26.8. The second kappa shape index (κ2) is 13.9. The Kier molecular flexibility index (Phi) is 9.77. The van der Waals surface area contributed by atoms with Gasteiger partial charge in [-0.15, -0.1) is 0 Å². The molecule has 5 rings (SSSR count). The highest BCUT2D eigenvalue weighted by Crippen LogP contribution is 2.31. The summed E-state index contributed by atoms with van der Waals surface area (Å²) in [6.45, 7) is 6.33. The highest BCUT2D eigenvalue weighted by Gasteiger charge is 2.29. The molecule has 8 nitrogen and oxygen atoms in total. The van der Waals surface area contributed by atoms with E-state index in [4.69, 9.17) is 4.74 Å². The van der Waals surface area contributed by atoms with Crippen molar-refractivity contribution in [1.82, 2.24) is 0 Å². The summed E-state index contributed by atoms with van der Waals surface area (Å²) in [5, 5.41) is 5.76. The van der Waals surface area contributed by atoms with Gasteiger partial charge >= 0.3 is 0 Å². The number of para-hydroxylation sites is 1. The first-order valence-electron chi connectivity index (χ1n) is 15.1. The van der Waals surface area contributed by atoms with Gasteiger partial charge in [0.15, 0.2) is 0 Å². The second-order valence-corrected chi connectivity index (χ2v) is 13.9. The van der Waals surface area contributed by atoms with Gasteiger partial charge in [0, 0.05) is 16.9 Å². The van der Waals surface area contributed by atoms with E-state index < -0.39 is 15.9 Å². The van der Waals surface area contributed by atoms with Crippen molar-refractivity contribution >= 4 is 38.9 Å². The molecule has 0 saturated heterocycles. The van der Waals surface area contributed by atoms with Gasteiger partial charge in [-0.2, -0.15) is 0 Å². The van der Waals surface area contributed by atoms with Gasteiger partial charge in [-0.25, -0.2) is 8.42 Å². The van der Waals surface area contributed by atoms with Crippen LogP contribution >= 0.6 is 0 Å². The Bertz CT molecular complexity index is 1970. The van der Waals surface area contributed by atoms with Crippen molar-refractivity contribution < 1.29 is 22.7 Å². The fourth-order valence-corrected chi connectivity index (χ4v) is 6.48. The van der Waals surface area contributed by atoms with Crippen LogP contribution in [0.3, 0.4) is 0 Å². The molecule has 0 bridgehead atoms. The monoisotopic (exact) mass is 647 g/mol. The Hall–Kier alpha value is -5.41. The molecule has 0 aliphatic heterocycles. The molecule has 9 heteroatoms.